The van der Waals surface area contributed by atoms with Crippen LogP contribution in [0.3, 0.4) is 0 Å². The normalized spacial score (nSPS) is 9.85. The van der Waals surface area contributed by atoms with E-state index >= 15 is 0 Å². The Labute approximate surface area is 152 Å². The van der Waals surface area contributed by atoms with Crippen LogP contribution in [-0.2, 0) is 22.6 Å². The van der Waals surface area contributed by atoms with Gasteiger partial charge in [-0.05, 0) is 41.8 Å². The van der Waals surface area contributed by atoms with Crippen LogP contribution in [0, 0.1) is 11.3 Å². The summed E-state index contributed by atoms with van der Waals surface area (Å²) in [5, 5.41) is 14.0. The highest BCUT2D eigenvalue weighted by Crippen LogP contribution is 2.14. The van der Waals surface area contributed by atoms with Crippen molar-refractivity contribution in [2.45, 2.75) is 25.8 Å². The van der Waals surface area contributed by atoms with Crippen LogP contribution >= 0.6 is 0 Å². The first-order valence-corrected chi connectivity index (χ1v) is 8.26. The molecule has 0 spiro atoms. The Morgan fingerprint density at radius 2 is 1.85 bits per heavy atom. The SMILES string of the molecule is COc1ccc(CCC(=O)Nc2cccc(CNC(=O)CC#N)c2)cc1. The number of carbonyl (C=O) groups excluding carboxylic acids is 2. The number of hydrogen-bond donors (Lipinski definition) is 2. The molecule has 2 rings (SSSR count). The van der Waals surface area contributed by atoms with Crippen LogP contribution in [0.5, 0.6) is 5.75 Å². The standard InChI is InChI=1S/C20H21N3O3/c1-26-18-8-5-15(6-9-18)7-10-20(25)23-17-4-2-3-16(13-17)14-22-19(24)11-12-21/h2-6,8-9,13H,7,10-11,14H2,1H3,(H,22,24)(H,23,25). The number of carbonyl (C=O) groups is 2. The largest absolute Gasteiger partial charge is 0.497 e. The Kier molecular flexibility index (Phi) is 7.19. The molecule has 0 saturated heterocycles. The third-order valence-electron chi connectivity index (χ3n) is 3.74. The number of nitrogens with one attached hydrogen (secondary N) is 2. The van der Waals surface area contributed by atoms with Gasteiger partial charge in [-0.2, -0.15) is 5.26 Å². The van der Waals surface area contributed by atoms with Gasteiger partial charge in [0, 0.05) is 18.7 Å². The number of benzene rings is 2. The highest BCUT2D eigenvalue weighted by atomic mass is 16.5. The molecule has 0 heterocycles. The van der Waals surface area contributed by atoms with Crippen molar-refractivity contribution in [3.63, 3.8) is 0 Å². The van der Waals surface area contributed by atoms with Crippen LogP contribution < -0.4 is 15.4 Å². The number of ether oxygens (including phenoxy) is 1. The lowest BCUT2D eigenvalue weighted by atomic mass is 10.1. The zero-order valence-electron chi connectivity index (χ0n) is 14.6. The Bertz CT molecular complexity index is 795. The lowest BCUT2D eigenvalue weighted by Crippen LogP contribution is -2.22. The molecule has 0 aliphatic carbocycles. The van der Waals surface area contributed by atoms with Gasteiger partial charge in [0.15, 0.2) is 0 Å². The van der Waals surface area contributed by atoms with Gasteiger partial charge in [-0.15, -0.1) is 0 Å². The molecule has 134 valence electrons. The molecule has 0 saturated carbocycles. The van der Waals surface area contributed by atoms with Gasteiger partial charge in [0.05, 0.1) is 13.2 Å². The van der Waals surface area contributed by atoms with Crippen molar-refractivity contribution >= 4 is 17.5 Å². The predicted octanol–water partition coefficient (Wildman–Crippen LogP) is 2.80. The van der Waals surface area contributed by atoms with Crippen LogP contribution in [0.25, 0.3) is 0 Å². The van der Waals surface area contributed by atoms with Crippen molar-refractivity contribution < 1.29 is 14.3 Å². The highest BCUT2D eigenvalue weighted by Gasteiger charge is 2.05. The molecule has 0 fully saturated rings. The second-order valence-corrected chi connectivity index (χ2v) is 5.71. The first-order chi connectivity index (χ1) is 12.6. The second-order valence-electron chi connectivity index (χ2n) is 5.71. The minimum Gasteiger partial charge on any atom is -0.497 e. The van der Waals surface area contributed by atoms with Gasteiger partial charge in [-0.1, -0.05) is 24.3 Å². The van der Waals surface area contributed by atoms with E-state index in [9.17, 15) is 9.59 Å². The van der Waals surface area contributed by atoms with Gasteiger partial charge in [0.1, 0.15) is 12.2 Å². The average molecular weight is 351 g/mol. The Morgan fingerprint density at radius 1 is 1.08 bits per heavy atom. The van der Waals surface area contributed by atoms with Crippen LogP contribution in [0.15, 0.2) is 48.5 Å². The highest BCUT2D eigenvalue weighted by molar-refractivity contribution is 5.90. The number of amides is 2. The molecule has 0 bridgehead atoms. The molecule has 2 N–H and O–H groups in total. The summed E-state index contributed by atoms with van der Waals surface area (Å²) in [5.74, 6) is 0.393. The number of nitrogens with zero attached hydrogens (tertiary/aromatic N) is 1. The molecule has 0 radical (unpaired) electrons. The maximum Gasteiger partial charge on any atom is 0.234 e. The summed E-state index contributed by atoms with van der Waals surface area (Å²) in [7, 11) is 1.62. The summed E-state index contributed by atoms with van der Waals surface area (Å²) in [6.07, 6.45) is 0.844. The van der Waals surface area contributed by atoms with Gasteiger partial charge >= 0.3 is 0 Å². The van der Waals surface area contributed by atoms with Gasteiger partial charge < -0.3 is 15.4 Å². The third kappa shape index (κ3) is 6.29. The maximum absolute atomic E-state index is 12.1. The maximum atomic E-state index is 12.1. The fourth-order valence-corrected chi connectivity index (χ4v) is 2.37. The van der Waals surface area contributed by atoms with Crippen molar-refractivity contribution in [2.24, 2.45) is 0 Å². The Balaban J connectivity index is 1.83. The van der Waals surface area contributed by atoms with Crippen LogP contribution in [0.2, 0.25) is 0 Å². The molecular formula is C20H21N3O3. The second kappa shape index (κ2) is 9.84. The summed E-state index contributed by atoms with van der Waals surface area (Å²) in [5.41, 5.74) is 2.59. The molecule has 26 heavy (non-hydrogen) atoms. The fraction of sp³-hybridized carbons (Fsp3) is 0.250. The minimum absolute atomic E-state index is 0.0773. The van der Waals surface area contributed by atoms with E-state index in [1.165, 1.54) is 0 Å². The topological polar surface area (TPSA) is 91.2 Å². The van der Waals surface area contributed by atoms with Gasteiger partial charge in [-0.25, -0.2) is 0 Å². The summed E-state index contributed by atoms with van der Waals surface area (Å²) in [4.78, 5) is 23.5. The number of rotatable bonds is 8. The average Bonchev–Trinajstić information content (AvgIpc) is 2.66. The van der Waals surface area contributed by atoms with Crippen molar-refractivity contribution in [2.75, 3.05) is 12.4 Å². The molecule has 0 aromatic heterocycles. The lowest BCUT2D eigenvalue weighted by molar-refractivity contribution is -0.120. The Morgan fingerprint density at radius 3 is 2.54 bits per heavy atom. The molecule has 0 aliphatic heterocycles. The van der Waals surface area contributed by atoms with Crippen molar-refractivity contribution in [3.8, 4) is 11.8 Å². The number of hydrogen-bond acceptors (Lipinski definition) is 4. The minimum atomic E-state index is -0.318. The van der Waals surface area contributed by atoms with Gasteiger partial charge in [0.25, 0.3) is 0 Å². The van der Waals surface area contributed by atoms with E-state index in [1.807, 2.05) is 36.4 Å². The summed E-state index contributed by atoms with van der Waals surface area (Å²) >= 11 is 0. The molecule has 0 aliphatic rings. The fourth-order valence-electron chi connectivity index (χ4n) is 2.37. The summed E-state index contributed by atoms with van der Waals surface area (Å²) in [6, 6.07) is 16.7. The quantitative estimate of drug-likeness (QED) is 0.765. The lowest BCUT2D eigenvalue weighted by Gasteiger charge is -2.08. The monoisotopic (exact) mass is 351 g/mol. The van der Waals surface area contributed by atoms with E-state index < -0.39 is 0 Å². The number of nitriles is 1. The number of aryl methyl sites for hydroxylation is 1. The number of anilines is 1. The van der Waals surface area contributed by atoms with Gasteiger partial charge in [0.2, 0.25) is 11.8 Å². The molecule has 2 aromatic rings. The van der Waals surface area contributed by atoms with E-state index in [4.69, 9.17) is 10.00 Å². The predicted molar refractivity (Wildman–Crippen MR) is 98.5 cm³/mol. The third-order valence-corrected chi connectivity index (χ3v) is 3.74. The molecule has 6 heteroatoms. The number of methoxy groups -OCH3 is 1. The van der Waals surface area contributed by atoms with E-state index in [1.54, 1.807) is 25.3 Å². The molecule has 2 amide bonds. The van der Waals surface area contributed by atoms with E-state index in [0.717, 1.165) is 16.9 Å². The molecule has 0 atom stereocenters. The first kappa shape index (κ1) is 19.0. The molecular weight excluding hydrogens is 330 g/mol. The smallest absolute Gasteiger partial charge is 0.234 e. The van der Waals surface area contributed by atoms with Crippen molar-refractivity contribution in [1.82, 2.24) is 5.32 Å². The molecule has 6 nitrogen and oxygen atoms in total. The van der Waals surface area contributed by atoms with Crippen molar-refractivity contribution in [3.05, 3.63) is 59.7 Å². The van der Waals surface area contributed by atoms with Crippen LogP contribution in [0.1, 0.15) is 24.0 Å². The van der Waals surface area contributed by atoms with E-state index in [0.29, 0.717) is 25.1 Å². The van der Waals surface area contributed by atoms with Crippen molar-refractivity contribution in [1.29, 1.82) is 5.26 Å². The van der Waals surface area contributed by atoms with Crippen LogP contribution in [0.4, 0.5) is 5.69 Å². The zero-order chi connectivity index (χ0) is 18.8. The van der Waals surface area contributed by atoms with Crippen LogP contribution in [-0.4, -0.2) is 18.9 Å². The summed E-state index contributed by atoms with van der Waals surface area (Å²) in [6.45, 7) is 0.316. The summed E-state index contributed by atoms with van der Waals surface area (Å²) < 4.78 is 5.11. The first-order valence-electron chi connectivity index (χ1n) is 8.26. The van der Waals surface area contributed by atoms with E-state index in [2.05, 4.69) is 10.6 Å². The zero-order valence-corrected chi connectivity index (χ0v) is 14.6. The molecule has 0 unspecified atom stereocenters. The Hall–Kier alpha value is -3.33. The van der Waals surface area contributed by atoms with E-state index in [-0.39, 0.29) is 18.2 Å². The molecule has 2 aromatic carbocycles. The van der Waals surface area contributed by atoms with Gasteiger partial charge in [-0.3, -0.25) is 9.59 Å².